The summed E-state index contributed by atoms with van der Waals surface area (Å²) in [6.07, 6.45) is 12.0. The Hall–Kier alpha value is -4.06. The molecular formula is C31H33FN6O. The Bertz CT molecular complexity index is 1490. The van der Waals surface area contributed by atoms with Gasteiger partial charge in [0.25, 0.3) is 5.91 Å². The number of pyridine rings is 1. The first-order valence-electron chi connectivity index (χ1n) is 13.3. The van der Waals surface area contributed by atoms with Crippen LogP contribution in [-0.2, 0) is 4.79 Å². The highest BCUT2D eigenvalue weighted by Gasteiger charge is 2.27. The van der Waals surface area contributed by atoms with Crippen LogP contribution in [0.4, 0.5) is 4.39 Å². The van der Waals surface area contributed by atoms with E-state index in [1.807, 2.05) is 12.3 Å². The number of fused-ring (bicyclic) bond motifs is 1. The van der Waals surface area contributed by atoms with E-state index in [0.717, 1.165) is 48.3 Å². The molecule has 3 atom stereocenters. The number of H-pyrrole nitrogens is 1. The number of aromatic amines is 1. The zero-order chi connectivity index (χ0) is 27.5. The second-order valence-corrected chi connectivity index (χ2v) is 10.5. The summed E-state index contributed by atoms with van der Waals surface area (Å²) < 4.78 is 13.3. The highest BCUT2D eigenvalue weighted by Crippen LogP contribution is 2.30. The van der Waals surface area contributed by atoms with Crippen molar-refractivity contribution in [2.75, 3.05) is 33.2 Å². The minimum absolute atomic E-state index is 0.0176. The van der Waals surface area contributed by atoms with E-state index in [0.29, 0.717) is 23.2 Å². The number of amides is 1. The van der Waals surface area contributed by atoms with Crippen molar-refractivity contribution in [2.24, 2.45) is 5.92 Å². The fourth-order valence-corrected chi connectivity index (χ4v) is 5.23. The number of nitrogens with one attached hydrogen (secondary N) is 2. The van der Waals surface area contributed by atoms with Gasteiger partial charge in [-0.05, 0) is 55.3 Å². The van der Waals surface area contributed by atoms with Gasteiger partial charge >= 0.3 is 0 Å². The Morgan fingerprint density at radius 1 is 1.26 bits per heavy atom. The van der Waals surface area contributed by atoms with E-state index in [2.05, 4.69) is 63.4 Å². The average molecular weight is 525 g/mol. The Kier molecular flexibility index (Phi) is 7.73. The van der Waals surface area contributed by atoms with Crippen molar-refractivity contribution in [3.05, 3.63) is 89.0 Å². The van der Waals surface area contributed by atoms with Crippen LogP contribution < -0.4 is 5.32 Å². The third-order valence-corrected chi connectivity index (χ3v) is 7.71. The molecule has 2 unspecified atom stereocenters. The fraction of sp³-hybridized carbons (Fsp3) is 0.323. The molecule has 1 aliphatic heterocycles. The quantitative estimate of drug-likeness (QED) is 0.361. The van der Waals surface area contributed by atoms with E-state index < -0.39 is 5.91 Å². The molecule has 2 aromatic heterocycles. The van der Waals surface area contributed by atoms with Gasteiger partial charge in [0.2, 0.25) is 0 Å². The van der Waals surface area contributed by atoms with Gasteiger partial charge in [0, 0.05) is 61.1 Å². The third-order valence-electron chi connectivity index (χ3n) is 7.71. The molecule has 3 heterocycles. The summed E-state index contributed by atoms with van der Waals surface area (Å²) in [5, 5.41) is 13.4. The van der Waals surface area contributed by atoms with E-state index in [-0.39, 0.29) is 17.4 Å². The number of carbonyl (C=O) groups excluding carboxylic acids is 1. The summed E-state index contributed by atoms with van der Waals surface area (Å²) in [6.45, 7) is 8.29. The Morgan fingerprint density at radius 2 is 2.00 bits per heavy atom. The van der Waals surface area contributed by atoms with Crippen molar-refractivity contribution in [1.29, 1.82) is 5.26 Å². The first-order chi connectivity index (χ1) is 18.8. The maximum Gasteiger partial charge on any atom is 0.262 e. The van der Waals surface area contributed by atoms with Crippen LogP contribution in [-0.4, -0.2) is 64.9 Å². The lowest BCUT2D eigenvalue weighted by Gasteiger charge is -2.40. The van der Waals surface area contributed by atoms with Crippen molar-refractivity contribution < 1.29 is 9.18 Å². The van der Waals surface area contributed by atoms with E-state index in [9.17, 15) is 14.4 Å². The van der Waals surface area contributed by atoms with Crippen LogP contribution in [0.5, 0.6) is 0 Å². The van der Waals surface area contributed by atoms with Gasteiger partial charge in [-0.1, -0.05) is 37.3 Å². The molecule has 0 bridgehead atoms. The molecule has 39 heavy (non-hydrogen) atoms. The molecule has 0 spiro atoms. The molecule has 1 amide bonds. The van der Waals surface area contributed by atoms with Crippen LogP contribution in [0, 0.1) is 23.1 Å². The highest BCUT2D eigenvalue weighted by atomic mass is 19.1. The van der Waals surface area contributed by atoms with Gasteiger partial charge in [-0.15, -0.1) is 0 Å². The molecule has 200 valence electrons. The predicted molar refractivity (Wildman–Crippen MR) is 152 cm³/mol. The monoisotopic (exact) mass is 524 g/mol. The second-order valence-electron chi connectivity index (χ2n) is 10.5. The summed E-state index contributed by atoms with van der Waals surface area (Å²) in [6, 6.07) is 9.96. The molecule has 1 fully saturated rings. The number of rotatable bonds is 6. The number of hydrogen-bond acceptors (Lipinski definition) is 5. The van der Waals surface area contributed by atoms with Gasteiger partial charge in [0.05, 0.1) is 6.04 Å². The Balaban J connectivity index is 1.39. The number of piperazine rings is 1. The molecule has 2 N–H and O–H groups in total. The smallest absolute Gasteiger partial charge is 0.262 e. The van der Waals surface area contributed by atoms with Crippen molar-refractivity contribution in [3.8, 4) is 6.07 Å². The molecular weight excluding hydrogens is 491 g/mol. The van der Waals surface area contributed by atoms with Crippen molar-refractivity contribution in [2.45, 2.75) is 25.9 Å². The number of nitrogens with zero attached hydrogens (tertiary/aromatic N) is 4. The van der Waals surface area contributed by atoms with Crippen LogP contribution in [0.1, 0.15) is 36.6 Å². The topological polar surface area (TPSA) is 88.0 Å². The minimum Gasteiger partial charge on any atom is -0.346 e. The summed E-state index contributed by atoms with van der Waals surface area (Å²) in [7, 11) is 2.17. The first-order valence-corrected chi connectivity index (χ1v) is 13.3. The lowest BCUT2D eigenvalue weighted by Crippen LogP contribution is -2.50. The number of nitriles is 1. The molecule has 1 saturated heterocycles. The number of allylic oxidation sites excluding steroid dienone is 2. The summed E-state index contributed by atoms with van der Waals surface area (Å²) in [5.41, 5.74) is 4.24. The van der Waals surface area contributed by atoms with E-state index in [1.165, 1.54) is 12.1 Å². The first kappa shape index (κ1) is 26.5. The number of hydrogen-bond donors (Lipinski definition) is 2. The zero-order valence-electron chi connectivity index (χ0n) is 22.5. The van der Waals surface area contributed by atoms with E-state index in [4.69, 9.17) is 0 Å². The van der Waals surface area contributed by atoms with Gasteiger partial charge in [-0.2, -0.15) is 5.26 Å². The third kappa shape index (κ3) is 5.85. The summed E-state index contributed by atoms with van der Waals surface area (Å²) in [4.78, 5) is 25.6. The Morgan fingerprint density at radius 3 is 2.72 bits per heavy atom. The van der Waals surface area contributed by atoms with Crippen LogP contribution in [0.25, 0.3) is 22.7 Å². The summed E-state index contributed by atoms with van der Waals surface area (Å²) in [5.74, 6) is -0.408. The molecule has 7 nitrogen and oxygen atoms in total. The van der Waals surface area contributed by atoms with Gasteiger partial charge in [0.15, 0.2) is 0 Å². The predicted octanol–water partition coefficient (Wildman–Crippen LogP) is 4.69. The highest BCUT2D eigenvalue weighted by molar-refractivity contribution is 6.04. The van der Waals surface area contributed by atoms with Crippen LogP contribution in [0.2, 0.25) is 0 Å². The van der Waals surface area contributed by atoms with Crippen LogP contribution >= 0.6 is 0 Å². The maximum atomic E-state index is 13.3. The number of halogens is 1. The average Bonchev–Trinajstić information content (AvgIpc) is 3.34. The van der Waals surface area contributed by atoms with E-state index >= 15 is 0 Å². The zero-order valence-corrected chi connectivity index (χ0v) is 22.5. The van der Waals surface area contributed by atoms with Crippen LogP contribution in [0.15, 0.2) is 66.5 Å². The molecule has 2 aliphatic rings. The molecule has 0 saturated carbocycles. The van der Waals surface area contributed by atoms with Gasteiger partial charge in [-0.25, -0.2) is 9.37 Å². The number of carbonyl (C=O) groups is 1. The number of benzene rings is 1. The largest absolute Gasteiger partial charge is 0.346 e. The molecule has 1 aromatic carbocycles. The van der Waals surface area contributed by atoms with Crippen molar-refractivity contribution in [1.82, 2.24) is 25.1 Å². The summed E-state index contributed by atoms with van der Waals surface area (Å²) >= 11 is 0. The molecule has 1 aliphatic carbocycles. The molecule has 8 heteroatoms. The van der Waals surface area contributed by atoms with Crippen molar-refractivity contribution >= 4 is 28.6 Å². The molecule has 3 aromatic rings. The molecule has 5 rings (SSSR count). The molecule has 0 radical (unpaired) electrons. The normalized spacial score (nSPS) is 21.4. The maximum absolute atomic E-state index is 13.3. The fourth-order valence-electron chi connectivity index (χ4n) is 5.23. The SMILES string of the molecule is CC1C=CC(c2cnc3[nH]cc(/C=C(\C#N)C(=O)N[C@H](C)c4ccc(F)cc4)c3c2)=CC1N1CCN(C)CC1. The second kappa shape index (κ2) is 11.4. The number of aromatic nitrogens is 2. The Labute approximate surface area is 228 Å². The standard InChI is InChI=1S/C31H33FN6O/c1-20-4-5-23(16-29(20)38-12-10-37(3)11-13-38)25-15-28-26(19-35-30(28)34-18-25)14-24(17-33)31(39)36-21(2)22-6-8-27(32)9-7-22/h4-9,14-16,18-21,29H,10-13H2,1-3H3,(H,34,35)(H,36,39)/b24-14+/t20?,21-,29?/m1/s1. The minimum atomic E-state index is -0.491. The van der Waals surface area contributed by atoms with Crippen LogP contribution in [0.3, 0.4) is 0 Å². The van der Waals surface area contributed by atoms with Crippen molar-refractivity contribution in [3.63, 3.8) is 0 Å². The van der Waals surface area contributed by atoms with E-state index in [1.54, 1.807) is 31.3 Å². The lowest BCUT2D eigenvalue weighted by atomic mass is 9.89. The lowest BCUT2D eigenvalue weighted by molar-refractivity contribution is -0.117. The van der Waals surface area contributed by atoms with Gasteiger partial charge in [0.1, 0.15) is 23.1 Å². The number of likely N-dealkylation sites (N-methyl/N-ethyl adjacent to an activating group) is 1. The van der Waals surface area contributed by atoms with Gasteiger partial charge < -0.3 is 15.2 Å². The van der Waals surface area contributed by atoms with Gasteiger partial charge in [-0.3, -0.25) is 9.69 Å².